The molecular formula is C19H21ClN2OS. The zero-order valence-electron chi connectivity index (χ0n) is 14.1. The van der Waals surface area contributed by atoms with Crippen LogP contribution in [0.1, 0.15) is 22.8 Å². The van der Waals surface area contributed by atoms with Crippen LogP contribution in [-0.2, 0) is 0 Å². The molecule has 2 aromatic carbocycles. The van der Waals surface area contributed by atoms with Gasteiger partial charge in [0.15, 0.2) is 5.78 Å². The van der Waals surface area contributed by atoms with Crippen LogP contribution in [0.25, 0.3) is 0 Å². The molecule has 2 rings (SSSR count). The summed E-state index contributed by atoms with van der Waals surface area (Å²) in [5.74, 6) is 0.465. The molecule has 0 aromatic heterocycles. The molecule has 5 heteroatoms. The van der Waals surface area contributed by atoms with Crippen molar-refractivity contribution in [1.29, 1.82) is 0 Å². The molecule has 0 saturated carbocycles. The standard InChI is InChI=1S/C19H21ClN2OS/c1-4-22(3)13-21-18-10-14(2)16(11-17(18)20)19(23)12-24-15-8-6-5-7-9-15/h5-11,13H,4,12H2,1-3H3/b21-13-. The maximum Gasteiger partial charge on any atom is 0.173 e. The van der Waals surface area contributed by atoms with Crippen molar-refractivity contribution in [3.8, 4) is 0 Å². The number of carbonyl (C=O) groups excluding carboxylic acids is 1. The lowest BCUT2D eigenvalue weighted by molar-refractivity contribution is 0.102. The summed E-state index contributed by atoms with van der Waals surface area (Å²) < 4.78 is 0. The van der Waals surface area contributed by atoms with Gasteiger partial charge in [0.2, 0.25) is 0 Å². The third kappa shape index (κ3) is 5.11. The highest BCUT2D eigenvalue weighted by molar-refractivity contribution is 8.00. The van der Waals surface area contributed by atoms with Crippen LogP contribution in [-0.4, -0.2) is 36.4 Å². The second-order valence-corrected chi connectivity index (χ2v) is 6.92. The monoisotopic (exact) mass is 360 g/mol. The second kappa shape index (κ2) is 8.90. The number of thioether (sulfide) groups is 1. The Balaban J connectivity index is 2.11. The first-order valence-electron chi connectivity index (χ1n) is 7.77. The summed E-state index contributed by atoms with van der Waals surface area (Å²) in [6.07, 6.45) is 1.74. The Hall–Kier alpha value is -1.78. The van der Waals surface area contributed by atoms with Crippen molar-refractivity contribution < 1.29 is 4.79 Å². The molecule has 0 N–H and O–H groups in total. The fourth-order valence-corrected chi connectivity index (χ4v) is 3.07. The van der Waals surface area contributed by atoms with E-state index in [1.165, 1.54) is 11.8 Å². The molecule has 0 aliphatic heterocycles. The lowest BCUT2D eigenvalue weighted by Gasteiger charge is -2.10. The SMILES string of the molecule is CCN(C)/C=N\c1cc(C)c(C(=O)CSc2ccccc2)cc1Cl. The summed E-state index contributed by atoms with van der Waals surface area (Å²) in [4.78, 5) is 19.9. The van der Waals surface area contributed by atoms with E-state index in [0.29, 0.717) is 22.0 Å². The maximum absolute atomic E-state index is 12.5. The fourth-order valence-electron chi connectivity index (χ4n) is 2.05. The van der Waals surface area contributed by atoms with E-state index in [1.807, 2.05) is 62.2 Å². The van der Waals surface area contributed by atoms with Gasteiger partial charge in [0.05, 0.1) is 22.8 Å². The van der Waals surface area contributed by atoms with E-state index < -0.39 is 0 Å². The van der Waals surface area contributed by atoms with Gasteiger partial charge in [-0.25, -0.2) is 4.99 Å². The first-order valence-corrected chi connectivity index (χ1v) is 9.13. The largest absolute Gasteiger partial charge is 0.366 e. The Bertz CT molecular complexity index is 732. The van der Waals surface area contributed by atoms with Gasteiger partial charge in [0, 0.05) is 24.1 Å². The highest BCUT2D eigenvalue weighted by Gasteiger charge is 2.13. The van der Waals surface area contributed by atoms with Crippen LogP contribution in [0.4, 0.5) is 5.69 Å². The van der Waals surface area contributed by atoms with E-state index in [1.54, 1.807) is 12.4 Å². The van der Waals surface area contributed by atoms with Gasteiger partial charge in [-0.3, -0.25) is 4.79 Å². The van der Waals surface area contributed by atoms with Gasteiger partial charge in [-0.2, -0.15) is 0 Å². The molecule has 0 spiro atoms. The zero-order valence-corrected chi connectivity index (χ0v) is 15.7. The summed E-state index contributed by atoms with van der Waals surface area (Å²) in [5.41, 5.74) is 2.23. The van der Waals surface area contributed by atoms with E-state index in [2.05, 4.69) is 4.99 Å². The topological polar surface area (TPSA) is 32.7 Å². The molecule has 0 saturated heterocycles. The number of rotatable bonds is 7. The van der Waals surface area contributed by atoms with E-state index in [0.717, 1.165) is 17.0 Å². The van der Waals surface area contributed by atoms with E-state index in [4.69, 9.17) is 11.6 Å². The third-order valence-corrected chi connectivity index (χ3v) is 4.91. The molecule has 0 atom stereocenters. The van der Waals surface area contributed by atoms with Crippen molar-refractivity contribution in [2.45, 2.75) is 18.7 Å². The molecule has 0 heterocycles. The molecule has 0 radical (unpaired) electrons. The predicted octanol–water partition coefficient (Wildman–Crippen LogP) is 5.23. The molecule has 3 nitrogen and oxygen atoms in total. The predicted molar refractivity (Wildman–Crippen MR) is 104 cm³/mol. The molecule has 0 fully saturated rings. The van der Waals surface area contributed by atoms with Crippen molar-refractivity contribution in [2.75, 3.05) is 19.3 Å². The average Bonchev–Trinajstić information content (AvgIpc) is 2.60. The zero-order chi connectivity index (χ0) is 17.5. The maximum atomic E-state index is 12.5. The summed E-state index contributed by atoms with van der Waals surface area (Å²) in [7, 11) is 1.95. The first-order chi connectivity index (χ1) is 11.5. The lowest BCUT2D eigenvalue weighted by Crippen LogP contribution is -2.14. The smallest absolute Gasteiger partial charge is 0.173 e. The average molecular weight is 361 g/mol. The Morgan fingerprint density at radius 3 is 2.67 bits per heavy atom. The molecule has 0 amide bonds. The number of halogens is 1. The van der Waals surface area contributed by atoms with Crippen molar-refractivity contribution in [3.05, 3.63) is 58.6 Å². The van der Waals surface area contributed by atoms with Crippen molar-refractivity contribution in [2.24, 2.45) is 4.99 Å². The van der Waals surface area contributed by atoms with Gasteiger partial charge in [-0.05, 0) is 43.7 Å². The molecule has 0 aliphatic rings. The summed E-state index contributed by atoms with van der Waals surface area (Å²) in [6.45, 7) is 4.83. The van der Waals surface area contributed by atoms with Gasteiger partial charge in [0.1, 0.15) is 0 Å². The van der Waals surface area contributed by atoms with E-state index >= 15 is 0 Å². The minimum atomic E-state index is 0.0736. The number of nitrogens with zero attached hydrogens (tertiary/aromatic N) is 2. The van der Waals surface area contributed by atoms with Crippen molar-refractivity contribution >= 4 is 41.2 Å². The highest BCUT2D eigenvalue weighted by Crippen LogP contribution is 2.29. The molecule has 2 aromatic rings. The van der Waals surface area contributed by atoms with Crippen molar-refractivity contribution in [3.63, 3.8) is 0 Å². The highest BCUT2D eigenvalue weighted by atomic mass is 35.5. The van der Waals surface area contributed by atoms with Crippen LogP contribution >= 0.6 is 23.4 Å². The summed E-state index contributed by atoms with van der Waals surface area (Å²) >= 11 is 7.83. The summed E-state index contributed by atoms with van der Waals surface area (Å²) in [6, 6.07) is 13.5. The number of ketones is 1. The third-order valence-electron chi connectivity index (χ3n) is 3.60. The number of aryl methyl sites for hydroxylation is 1. The van der Waals surface area contributed by atoms with Gasteiger partial charge < -0.3 is 4.90 Å². The number of benzene rings is 2. The molecule has 126 valence electrons. The van der Waals surface area contributed by atoms with Gasteiger partial charge in [-0.15, -0.1) is 11.8 Å². The molecule has 0 unspecified atom stereocenters. The van der Waals surface area contributed by atoms with Gasteiger partial charge in [0.25, 0.3) is 0 Å². The van der Waals surface area contributed by atoms with Crippen LogP contribution < -0.4 is 0 Å². The fraction of sp³-hybridized carbons (Fsp3) is 0.263. The normalized spacial score (nSPS) is 11.0. The van der Waals surface area contributed by atoms with E-state index in [-0.39, 0.29) is 5.78 Å². The van der Waals surface area contributed by atoms with Crippen LogP contribution in [0.15, 0.2) is 52.4 Å². The number of aliphatic imine (C=N–C) groups is 1. The second-order valence-electron chi connectivity index (χ2n) is 5.46. The number of Topliss-reactive ketones (excluding diaryl/α,β-unsaturated/α-hetero) is 1. The minimum Gasteiger partial charge on any atom is -0.366 e. The van der Waals surface area contributed by atoms with Crippen molar-refractivity contribution in [1.82, 2.24) is 4.90 Å². The Morgan fingerprint density at radius 2 is 2.00 bits per heavy atom. The first kappa shape index (κ1) is 18.6. The molecular weight excluding hydrogens is 340 g/mol. The van der Waals surface area contributed by atoms with Crippen LogP contribution in [0.2, 0.25) is 5.02 Å². The number of hydrogen-bond acceptors (Lipinski definition) is 3. The van der Waals surface area contributed by atoms with Crippen LogP contribution in [0, 0.1) is 6.92 Å². The molecule has 0 aliphatic carbocycles. The summed E-state index contributed by atoms with van der Waals surface area (Å²) in [5, 5.41) is 0.495. The number of hydrogen-bond donors (Lipinski definition) is 0. The van der Waals surface area contributed by atoms with Gasteiger partial charge >= 0.3 is 0 Å². The Labute approximate surface area is 152 Å². The quantitative estimate of drug-likeness (QED) is 0.293. The van der Waals surface area contributed by atoms with Crippen LogP contribution in [0.3, 0.4) is 0 Å². The van der Waals surface area contributed by atoms with E-state index in [9.17, 15) is 4.79 Å². The van der Waals surface area contributed by atoms with Crippen LogP contribution in [0.5, 0.6) is 0 Å². The number of carbonyl (C=O) groups is 1. The minimum absolute atomic E-state index is 0.0736. The Kier molecular flexibility index (Phi) is 6.88. The Morgan fingerprint density at radius 1 is 1.29 bits per heavy atom. The van der Waals surface area contributed by atoms with Gasteiger partial charge in [-0.1, -0.05) is 29.8 Å². The molecule has 24 heavy (non-hydrogen) atoms. The molecule has 0 bridgehead atoms. The lowest BCUT2D eigenvalue weighted by atomic mass is 10.0.